The van der Waals surface area contributed by atoms with Gasteiger partial charge in [-0.05, 0) is 261 Å². The minimum atomic E-state index is 0.882. The van der Waals surface area contributed by atoms with Crippen molar-refractivity contribution in [2.24, 2.45) is 0 Å². The van der Waals surface area contributed by atoms with E-state index in [2.05, 4.69) is 471 Å². The van der Waals surface area contributed by atoms with Crippen molar-refractivity contribution in [3.8, 4) is 56.5 Å². The van der Waals surface area contributed by atoms with E-state index >= 15 is 0 Å². The fraction of sp³-hybridized carbons (Fsp3) is 0. The van der Waals surface area contributed by atoms with Crippen LogP contribution in [0.4, 0.5) is 0 Å². The number of hydrogen-bond acceptors (Lipinski definition) is 3. The first-order valence-corrected chi connectivity index (χ1v) is 50.6. The zero-order chi connectivity index (χ0) is 94.9. The monoisotopic (exact) mass is 1860 g/mol. The van der Waals surface area contributed by atoms with Gasteiger partial charge < -0.3 is 31.5 Å². The molecule has 0 spiro atoms. The largest absolute Gasteiger partial charge is 0.309 e. The number of hydrogen-bond donors (Lipinski definition) is 0. The van der Waals surface area contributed by atoms with E-state index in [0.717, 1.165) is 133 Å². The minimum Gasteiger partial charge on any atom is -0.309 e. The second-order valence-corrected chi connectivity index (χ2v) is 40.5. The predicted molar refractivity (Wildman–Crippen MR) is 613 cm³/mol. The smallest absolute Gasteiger partial charge is 0.145 e. The summed E-state index contributed by atoms with van der Waals surface area (Å²) in [4.78, 5) is 15.5. The summed E-state index contributed by atoms with van der Waals surface area (Å²) in [5, 5.41) is 36.3. The van der Waals surface area contributed by atoms with Crippen LogP contribution in [0, 0.1) is 0 Å². The van der Waals surface area contributed by atoms with Gasteiger partial charge in [0.2, 0.25) is 0 Å². The summed E-state index contributed by atoms with van der Waals surface area (Å²) in [5.41, 5.74) is 34.2. The standard InChI is InChI=1S/C135H74N12/c1-2-27-85(28-3-1)143-117-55-51-89(68-100(117)96-34-20-57-137-135(96)143)142-113-37-17-12-31-92(113)103-71-107-98-60-84(45-53-119(98)146-122-66-82-26-9-5-22-78(82)62-109(122)127(130(103)142)133(107)146)76-42-48-87(49-43-76)140-116-54-50-88(67-99(116)95-56-58-136-73-123(95)140)141-112-36-16-11-30-91(112)102-70-106-97-59-83(44-52-118(97)145-121-65-81-25-8-4-21-77(81)61-108(121)126(129(102)141)132(106)145)75-40-46-86(47-41-75)139-111-35-15-10-29-90(111)101-72-125(138-74-124(101)139)147-115-39-19-14-33-94(115)105-69-104-93-32-13-18-38-114(93)144-120-64-80-24-7-6-23-79(80)63-110(120)128(131(104)144)134(105)147/h1-74H. The molecule has 0 fully saturated rings. The van der Waals surface area contributed by atoms with E-state index in [0.29, 0.717) is 0 Å². The summed E-state index contributed by atoms with van der Waals surface area (Å²) >= 11 is 0. The molecule has 147 heavy (non-hydrogen) atoms. The molecule has 0 aliphatic carbocycles. The number of para-hydroxylation sites is 6. The van der Waals surface area contributed by atoms with Crippen molar-refractivity contribution in [3.05, 3.63) is 449 Å². The first-order valence-electron chi connectivity index (χ1n) is 50.6. The van der Waals surface area contributed by atoms with E-state index in [1.54, 1.807) is 0 Å². The Balaban J connectivity index is 0.475. The number of rotatable bonds is 8. The molecule has 0 bridgehead atoms. The summed E-state index contributed by atoms with van der Waals surface area (Å²) in [6, 6.07) is 159. The molecule has 36 aromatic rings. The molecule has 0 amide bonds. The molecular weight excluding hydrogens is 1790 g/mol. The molecule has 0 radical (unpaired) electrons. The Kier molecular flexibility index (Phi) is 14.5. The lowest BCUT2D eigenvalue weighted by molar-refractivity contribution is 1.08. The van der Waals surface area contributed by atoms with Gasteiger partial charge in [-0.15, -0.1) is 0 Å². The third kappa shape index (κ3) is 9.88. The third-order valence-electron chi connectivity index (χ3n) is 33.4. The summed E-state index contributed by atoms with van der Waals surface area (Å²) < 4.78 is 22.3. The van der Waals surface area contributed by atoms with Crippen molar-refractivity contribution >= 4 is 278 Å². The molecule has 0 unspecified atom stereocenters. The maximum atomic E-state index is 5.58. The van der Waals surface area contributed by atoms with Crippen LogP contribution in [-0.4, -0.2) is 55.6 Å². The summed E-state index contributed by atoms with van der Waals surface area (Å²) in [7, 11) is 0. The molecule has 21 aromatic carbocycles. The van der Waals surface area contributed by atoms with Gasteiger partial charge in [0.15, 0.2) is 0 Å². The fourth-order valence-corrected chi connectivity index (χ4v) is 27.3. The molecule has 0 N–H and O–H groups in total. The molecule has 12 nitrogen and oxygen atoms in total. The van der Waals surface area contributed by atoms with Gasteiger partial charge in [0.25, 0.3) is 0 Å². The number of fused-ring (bicyclic) bond motifs is 42. The van der Waals surface area contributed by atoms with E-state index in [9.17, 15) is 0 Å². The van der Waals surface area contributed by atoms with Crippen LogP contribution in [0.2, 0.25) is 0 Å². The first kappa shape index (κ1) is 76.9. The SMILES string of the molecule is c1ccc(-n2c3ccc(-n4c5ccccc5c5cc6c7cc(-c8ccc(-n9c%10ccc(-n%11c%12ccccc%12c%12cc%13c%14cc(-c%15ccc(-n%16c%17ccccc%17c%17cc(-n%18c%19ccccc%19c%19cc%20c%21ccccc%21n%21c%22cc%23ccccc%23cc%22c(c%19%18)c%20%21)ncc%17%16)cc%15)ccc%14n%14c%15cc%16ccccc%16cc%15c(c%12%11)c%13%14)cc%10c%10ccncc%109)cc8)ccc7n7c8cc9ccccc9cc8c(c54)c67)cc3c3cccnc32)cc1. The number of pyridine rings is 3. The maximum absolute atomic E-state index is 5.58. The lowest BCUT2D eigenvalue weighted by Gasteiger charge is -2.12. The molecule has 15 heterocycles. The van der Waals surface area contributed by atoms with Gasteiger partial charge in [0, 0.05) is 170 Å². The highest BCUT2D eigenvalue weighted by Crippen LogP contribution is 2.55. The molecule has 674 valence electrons. The molecule has 0 saturated heterocycles. The normalized spacial score (nSPS) is 12.8. The van der Waals surface area contributed by atoms with Crippen LogP contribution in [0.3, 0.4) is 0 Å². The number of aromatic nitrogens is 12. The van der Waals surface area contributed by atoms with Crippen LogP contribution < -0.4 is 0 Å². The van der Waals surface area contributed by atoms with E-state index in [1.807, 2.05) is 18.6 Å². The Hall–Kier alpha value is -20.0. The van der Waals surface area contributed by atoms with Gasteiger partial charge in [-0.3, -0.25) is 14.1 Å². The Labute approximate surface area is 833 Å². The van der Waals surface area contributed by atoms with Crippen molar-refractivity contribution < 1.29 is 0 Å². The number of nitrogens with zero attached hydrogens (tertiary/aromatic N) is 12. The van der Waals surface area contributed by atoms with Gasteiger partial charge >= 0.3 is 0 Å². The Bertz CT molecular complexity index is 12400. The maximum Gasteiger partial charge on any atom is 0.145 e. The Morgan fingerprint density at radius 3 is 0.973 bits per heavy atom. The van der Waals surface area contributed by atoms with Gasteiger partial charge in [-0.2, -0.15) is 0 Å². The summed E-state index contributed by atoms with van der Waals surface area (Å²) in [6.07, 6.45) is 8.00. The third-order valence-corrected chi connectivity index (χ3v) is 33.4. The Morgan fingerprint density at radius 2 is 0.476 bits per heavy atom. The average molecular weight is 1860 g/mol. The summed E-state index contributed by atoms with van der Waals surface area (Å²) in [5.74, 6) is 0.882. The van der Waals surface area contributed by atoms with Crippen LogP contribution in [0.15, 0.2) is 449 Å². The minimum absolute atomic E-state index is 0.882. The zero-order valence-electron chi connectivity index (χ0n) is 78.6. The van der Waals surface area contributed by atoms with Crippen molar-refractivity contribution in [2.75, 3.05) is 0 Å². The van der Waals surface area contributed by atoms with Gasteiger partial charge in [-0.25, -0.2) is 9.97 Å². The molecule has 0 aliphatic heterocycles. The quantitative estimate of drug-likeness (QED) is 0.152. The zero-order valence-corrected chi connectivity index (χ0v) is 78.6. The Morgan fingerprint density at radius 1 is 0.150 bits per heavy atom. The molecule has 0 saturated carbocycles. The molecule has 0 atom stereocenters. The van der Waals surface area contributed by atoms with E-state index in [4.69, 9.17) is 15.0 Å². The van der Waals surface area contributed by atoms with Crippen molar-refractivity contribution in [2.45, 2.75) is 0 Å². The van der Waals surface area contributed by atoms with Gasteiger partial charge in [-0.1, -0.05) is 218 Å². The molecule has 15 aromatic heterocycles. The van der Waals surface area contributed by atoms with Crippen LogP contribution in [0.1, 0.15) is 0 Å². The fourth-order valence-electron chi connectivity index (χ4n) is 27.3. The second-order valence-electron chi connectivity index (χ2n) is 40.5. The van der Waals surface area contributed by atoms with Crippen LogP contribution in [-0.2, 0) is 0 Å². The number of benzene rings is 21. The first-order chi connectivity index (χ1) is 72.9. The highest BCUT2D eigenvalue weighted by molar-refractivity contribution is 6.39. The molecular formula is C135H74N12. The molecule has 12 heteroatoms. The van der Waals surface area contributed by atoms with Crippen molar-refractivity contribution in [1.82, 2.24) is 55.6 Å². The van der Waals surface area contributed by atoms with Crippen LogP contribution >= 0.6 is 0 Å². The highest BCUT2D eigenvalue weighted by Gasteiger charge is 2.33. The van der Waals surface area contributed by atoms with Gasteiger partial charge in [0.1, 0.15) is 11.5 Å². The lowest BCUT2D eigenvalue weighted by Crippen LogP contribution is -1.99. The van der Waals surface area contributed by atoms with E-state index < -0.39 is 0 Å². The topological polar surface area (TPSA) is 81.5 Å². The predicted octanol–water partition coefficient (Wildman–Crippen LogP) is 34.7. The summed E-state index contributed by atoms with van der Waals surface area (Å²) in [6.45, 7) is 0. The second kappa shape index (κ2) is 27.6. The van der Waals surface area contributed by atoms with E-state index in [1.165, 1.54) is 201 Å². The molecule has 0 aliphatic rings. The van der Waals surface area contributed by atoms with Crippen molar-refractivity contribution in [1.29, 1.82) is 0 Å². The van der Waals surface area contributed by atoms with Crippen molar-refractivity contribution in [3.63, 3.8) is 0 Å². The molecule has 36 rings (SSSR count). The van der Waals surface area contributed by atoms with E-state index in [-0.39, 0.29) is 0 Å². The highest BCUT2D eigenvalue weighted by atomic mass is 15.1. The average Bonchev–Trinajstić information content (AvgIpc) is 1.51. The lowest BCUT2D eigenvalue weighted by atomic mass is 9.99. The van der Waals surface area contributed by atoms with Gasteiger partial charge in [0.05, 0.1) is 123 Å². The van der Waals surface area contributed by atoms with Crippen LogP contribution in [0.5, 0.6) is 0 Å². The van der Waals surface area contributed by atoms with Crippen LogP contribution in [0.25, 0.3) is 334 Å².